The summed E-state index contributed by atoms with van der Waals surface area (Å²) >= 11 is 0. The average molecular weight is 874 g/mol. The average Bonchev–Trinajstić information content (AvgIpc) is 3.78. The van der Waals surface area contributed by atoms with Gasteiger partial charge in [0.1, 0.15) is 24.7 Å². The van der Waals surface area contributed by atoms with Crippen LogP contribution in [-0.2, 0) is 43.4 Å². The zero-order valence-corrected chi connectivity index (χ0v) is 38.1. The zero-order valence-electron chi connectivity index (χ0n) is 38.1. The fourth-order valence-electron chi connectivity index (χ4n) is 8.13. The van der Waals surface area contributed by atoms with Gasteiger partial charge in [0.05, 0.1) is 24.0 Å². The monoisotopic (exact) mass is 874 g/mol. The lowest BCUT2D eigenvalue weighted by Crippen LogP contribution is -2.60. The van der Waals surface area contributed by atoms with E-state index in [0.29, 0.717) is 29.0 Å². The number of nitrogens with two attached hydrogens (primary N) is 1. The number of H-pyrrole nitrogens is 1. The highest BCUT2D eigenvalue weighted by molar-refractivity contribution is 5.94. The summed E-state index contributed by atoms with van der Waals surface area (Å²) in [5.74, 6) is -3.38. The highest BCUT2D eigenvalue weighted by Gasteiger charge is 2.38. The van der Waals surface area contributed by atoms with E-state index in [1.54, 1.807) is 38.2 Å². The fraction of sp³-hybridized carbons (Fsp3) is 0.596. The first-order valence-electron chi connectivity index (χ1n) is 22.5. The van der Waals surface area contributed by atoms with Crippen LogP contribution in [0.5, 0.6) is 0 Å². The van der Waals surface area contributed by atoms with Crippen molar-refractivity contribution in [2.75, 3.05) is 7.05 Å². The minimum atomic E-state index is -1.28. The van der Waals surface area contributed by atoms with Crippen LogP contribution in [0.4, 0.5) is 0 Å². The van der Waals surface area contributed by atoms with Crippen molar-refractivity contribution in [3.05, 3.63) is 89.4 Å². The molecular formula is C47H71N9O7. The molecule has 0 saturated heterocycles. The van der Waals surface area contributed by atoms with Gasteiger partial charge in [-0.25, -0.2) is 4.98 Å². The number of amides is 5. The number of benzene rings is 1. The van der Waals surface area contributed by atoms with Crippen LogP contribution < -0.4 is 31.7 Å². The Morgan fingerprint density at radius 3 is 2.24 bits per heavy atom. The van der Waals surface area contributed by atoms with Crippen molar-refractivity contribution >= 4 is 29.5 Å². The molecule has 63 heavy (non-hydrogen) atoms. The number of aromatic amines is 1. The number of nitrogens with zero attached hydrogens (tertiary/aromatic N) is 3. The molecule has 3 aromatic rings. The van der Waals surface area contributed by atoms with Crippen LogP contribution in [0.3, 0.4) is 0 Å². The predicted molar refractivity (Wildman–Crippen MR) is 240 cm³/mol. The Bertz CT molecular complexity index is 1910. The Balaban J connectivity index is 1.59. The number of likely N-dealkylation sites (N-methyl/N-ethyl adjacent to an activating group) is 1. The number of pyridine rings is 1. The van der Waals surface area contributed by atoms with Gasteiger partial charge in [0, 0.05) is 49.8 Å². The lowest BCUT2D eigenvalue weighted by atomic mass is 9.81. The van der Waals surface area contributed by atoms with Crippen molar-refractivity contribution in [1.82, 2.24) is 36.1 Å². The molecule has 16 heteroatoms. The Labute approximate surface area is 372 Å². The number of rotatable bonds is 23. The van der Waals surface area contributed by atoms with Gasteiger partial charge in [0.15, 0.2) is 6.20 Å². The first-order valence-corrected chi connectivity index (χ1v) is 22.5. The van der Waals surface area contributed by atoms with Gasteiger partial charge in [-0.2, -0.15) is 4.73 Å². The predicted octanol–water partition coefficient (Wildman–Crippen LogP) is 3.20. The molecule has 0 unspecified atom stereocenters. The van der Waals surface area contributed by atoms with Crippen molar-refractivity contribution in [3.63, 3.8) is 0 Å². The minimum Gasteiger partial charge on any atom is -0.618 e. The van der Waals surface area contributed by atoms with E-state index in [4.69, 9.17) is 5.73 Å². The number of aromatic nitrogens is 3. The van der Waals surface area contributed by atoms with Crippen LogP contribution in [0.15, 0.2) is 67.3 Å². The molecule has 1 fully saturated rings. The van der Waals surface area contributed by atoms with Gasteiger partial charge >= 0.3 is 0 Å². The number of aliphatic hydroxyl groups excluding tert-OH is 1. The molecule has 0 spiro atoms. The molecule has 0 bridgehead atoms. The summed E-state index contributed by atoms with van der Waals surface area (Å²) in [7, 11) is 1.52. The topological polar surface area (TPSA) is 239 Å². The summed E-state index contributed by atoms with van der Waals surface area (Å²) in [5, 5.41) is 36.1. The first kappa shape index (κ1) is 50.3. The highest BCUT2D eigenvalue weighted by Crippen LogP contribution is 2.30. The third-order valence-corrected chi connectivity index (χ3v) is 12.4. The van der Waals surface area contributed by atoms with Gasteiger partial charge in [-0.05, 0) is 56.1 Å². The van der Waals surface area contributed by atoms with Crippen LogP contribution in [0.1, 0.15) is 110 Å². The minimum absolute atomic E-state index is 0.00372. The van der Waals surface area contributed by atoms with Gasteiger partial charge in [0.25, 0.3) is 0 Å². The fourth-order valence-corrected chi connectivity index (χ4v) is 8.13. The van der Waals surface area contributed by atoms with Crippen LogP contribution in [0, 0.1) is 28.9 Å². The summed E-state index contributed by atoms with van der Waals surface area (Å²) < 4.78 is 0.678. The van der Waals surface area contributed by atoms with E-state index < -0.39 is 71.3 Å². The number of carbonyl (C=O) groups excluding carboxylic acids is 5. The lowest BCUT2D eigenvalue weighted by Gasteiger charge is -2.36. The largest absolute Gasteiger partial charge is 0.618 e. The third kappa shape index (κ3) is 15.2. The molecule has 8 N–H and O–H groups in total. The molecule has 1 aliphatic rings. The lowest BCUT2D eigenvalue weighted by molar-refractivity contribution is -0.614. The molecule has 7 atom stereocenters. The Kier molecular flexibility index (Phi) is 19.1. The van der Waals surface area contributed by atoms with Gasteiger partial charge in [0.2, 0.25) is 35.2 Å². The number of imidazole rings is 1. The molecular weight excluding hydrogens is 803 g/mol. The molecule has 5 amide bonds. The number of hydrogen-bond acceptors (Lipinski definition) is 9. The quantitative estimate of drug-likeness (QED) is 0.0547. The number of carbonyl (C=O) groups is 5. The van der Waals surface area contributed by atoms with E-state index in [9.17, 15) is 34.3 Å². The third-order valence-electron chi connectivity index (χ3n) is 12.4. The van der Waals surface area contributed by atoms with Crippen molar-refractivity contribution < 1.29 is 33.8 Å². The Morgan fingerprint density at radius 2 is 1.63 bits per heavy atom. The van der Waals surface area contributed by atoms with Gasteiger partial charge < -0.3 is 47.2 Å². The SMILES string of the molecule is CC[C@H](C)[C@H](NC(=O)[C@@H](C[C@H](O)[C@H](CC1CCCCC1)NC(=O)[C@H](Cc1cnc[nH]1)N(C)C(=O)[C@H](Cc1ccccc1)NC(=O)C(C)(C)N)C(C)C)C(=O)NCc1cccc[n+]1[O-]. The van der Waals surface area contributed by atoms with E-state index in [0.717, 1.165) is 37.7 Å². The van der Waals surface area contributed by atoms with Gasteiger partial charge in [-0.3, -0.25) is 24.0 Å². The standard InChI is InChI=1S/C47H71N9O7/c1-8-31(4)41(44(60)50-28-35-21-15-16-22-56(35)63)54-42(58)36(30(2)3)26-40(57)37(23-32-17-11-9-12-18-32)52-43(59)39(25-34-27-49-29-51-34)55(7)45(61)38(53-46(62)47(5,6)48)24-33-19-13-10-14-20-33/h10,13-16,19-22,27,29-32,36-41,57H,8-9,11-12,17-18,23-26,28,48H2,1-7H3,(H,49,51)(H,50,60)(H,52,59)(H,53,62)(H,54,58)/t31-,36-,37-,38-,39-,40-,41-/m0/s1. The molecule has 2 heterocycles. The molecule has 1 saturated carbocycles. The summed E-state index contributed by atoms with van der Waals surface area (Å²) in [5.41, 5.74) is 6.60. The van der Waals surface area contributed by atoms with E-state index in [-0.39, 0.29) is 43.6 Å². The molecule has 0 aliphatic heterocycles. The van der Waals surface area contributed by atoms with E-state index in [1.165, 1.54) is 24.5 Å². The van der Waals surface area contributed by atoms with E-state index in [2.05, 4.69) is 31.2 Å². The molecule has 346 valence electrons. The summed E-state index contributed by atoms with van der Waals surface area (Å²) in [6, 6.07) is 10.3. The summed E-state index contributed by atoms with van der Waals surface area (Å²) in [4.78, 5) is 78.6. The van der Waals surface area contributed by atoms with Gasteiger partial charge in [-0.15, -0.1) is 0 Å². The second-order valence-corrected chi connectivity index (χ2v) is 18.3. The molecule has 1 aromatic carbocycles. The number of nitrogens with one attached hydrogen (secondary N) is 5. The van der Waals surface area contributed by atoms with Crippen LogP contribution in [-0.4, -0.2) is 92.4 Å². The van der Waals surface area contributed by atoms with E-state index in [1.807, 2.05) is 58.0 Å². The Hall–Kier alpha value is -5.35. The van der Waals surface area contributed by atoms with Crippen molar-refractivity contribution in [2.24, 2.45) is 29.4 Å². The van der Waals surface area contributed by atoms with Gasteiger partial charge in [-0.1, -0.05) is 96.6 Å². The zero-order chi connectivity index (χ0) is 46.3. The maximum atomic E-state index is 14.7. The second-order valence-electron chi connectivity index (χ2n) is 18.3. The number of aliphatic hydroxyl groups is 1. The smallest absolute Gasteiger partial charge is 0.245 e. The molecule has 1 aliphatic carbocycles. The van der Waals surface area contributed by atoms with Crippen molar-refractivity contribution in [2.45, 2.75) is 148 Å². The van der Waals surface area contributed by atoms with Crippen LogP contribution in [0.2, 0.25) is 0 Å². The van der Waals surface area contributed by atoms with Crippen LogP contribution in [0.25, 0.3) is 0 Å². The van der Waals surface area contributed by atoms with Crippen molar-refractivity contribution in [1.29, 1.82) is 0 Å². The second kappa shape index (κ2) is 23.9. The van der Waals surface area contributed by atoms with Crippen molar-refractivity contribution in [3.8, 4) is 0 Å². The normalized spacial score (nSPS) is 16.7. The summed E-state index contributed by atoms with van der Waals surface area (Å²) in [6.45, 7) is 10.6. The number of hydrogen-bond donors (Lipinski definition) is 7. The van der Waals surface area contributed by atoms with E-state index >= 15 is 0 Å². The molecule has 4 rings (SSSR count). The molecule has 2 aromatic heterocycles. The Morgan fingerprint density at radius 1 is 0.952 bits per heavy atom. The molecule has 16 nitrogen and oxygen atoms in total. The maximum absolute atomic E-state index is 14.7. The highest BCUT2D eigenvalue weighted by atomic mass is 16.5. The molecule has 0 radical (unpaired) electrons. The summed E-state index contributed by atoms with van der Waals surface area (Å²) in [6.07, 6.45) is 9.55. The first-order chi connectivity index (χ1) is 29.9. The maximum Gasteiger partial charge on any atom is 0.245 e. The van der Waals surface area contributed by atoms with Crippen LogP contribution >= 0.6 is 0 Å².